The van der Waals surface area contributed by atoms with Crippen molar-refractivity contribution in [2.75, 3.05) is 20.2 Å². The van der Waals surface area contributed by atoms with Gasteiger partial charge in [0.25, 0.3) is 0 Å². The summed E-state index contributed by atoms with van der Waals surface area (Å²) in [5.74, 6) is 0.130. The lowest BCUT2D eigenvalue weighted by atomic mass is 9.76. The monoisotopic (exact) mass is 404 g/mol. The van der Waals surface area contributed by atoms with Crippen molar-refractivity contribution in [1.29, 1.82) is 0 Å². The highest BCUT2D eigenvalue weighted by atomic mass is 16.6. The lowest BCUT2D eigenvalue weighted by molar-refractivity contribution is -0.124. The Morgan fingerprint density at radius 3 is 2.66 bits per heavy atom. The van der Waals surface area contributed by atoms with Crippen LogP contribution < -0.4 is 10.1 Å². The zero-order chi connectivity index (χ0) is 21.0. The number of aromatic hydroxyl groups is 1. The molecular formula is C22H32N2O5. The number of rotatable bonds is 5. The number of nitrogens with one attached hydrogen (secondary N) is 1. The molecule has 1 heterocycles. The molecule has 2 aliphatic rings. The van der Waals surface area contributed by atoms with Gasteiger partial charge in [0, 0.05) is 19.6 Å². The SMILES string of the molecule is COc1cc(CNC(=O)C2CCN(C(=O)OC3CCC(C)(C)CC3)C2)ccc1O. The van der Waals surface area contributed by atoms with Gasteiger partial charge in [0.05, 0.1) is 13.0 Å². The smallest absolute Gasteiger partial charge is 0.410 e. The molecule has 160 valence electrons. The largest absolute Gasteiger partial charge is 0.504 e. The third-order valence-electron chi connectivity index (χ3n) is 6.08. The molecule has 1 atom stereocenters. The minimum atomic E-state index is -0.298. The second kappa shape index (κ2) is 8.93. The van der Waals surface area contributed by atoms with Gasteiger partial charge in [-0.25, -0.2) is 4.79 Å². The number of phenolic OH excluding ortho intramolecular Hbond substituents is 1. The molecule has 1 unspecified atom stereocenters. The first-order valence-corrected chi connectivity index (χ1v) is 10.4. The number of methoxy groups -OCH3 is 1. The summed E-state index contributed by atoms with van der Waals surface area (Å²) in [5.41, 5.74) is 1.17. The molecule has 1 saturated heterocycles. The van der Waals surface area contributed by atoms with Crippen LogP contribution in [-0.2, 0) is 16.1 Å². The summed E-state index contributed by atoms with van der Waals surface area (Å²) in [6.07, 6.45) is 4.29. The predicted octanol–water partition coefficient (Wildman–Crippen LogP) is 3.44. The minimum absolute atomic E-state index is 0.00659. The van der Waals surface area contributed by atoms with Crippen molar-refractivity contribution in [3.63, 3.8) is 0 Å². The van der Waals surface area contributed by atoms with Crippen LogP contribution in [0.1, 0.15) is 51.5 Å². The van der Waals surface area contributed by atoms with Crippen LogP contribution in [0.2, 0.25) is 0 Å². The molecule has 0 radical (unpaired) electrons. The second-order valence-electron chi connectivity index (χ2n) is 8.90. The fourth-order valence-corrected chi connectivity index (χ4v) is 4.01. The van der Waals surface area contributed by atoms with Crippen LogP contribution in [0.3, 0.4) is 0 Å². The molecule has 3 rings (SSSR count). The lowest BCUT2D eigenvalue weighted by Gasteiger charge is -2.34. The van der Waals surface area contributed by atoms with Gasteiger partial charge < -0.3 is 24.8 Å². The van der Waals surface area contributed by atoms with Crippen LogP contribution in [-0.4, -0.2) is 48.3 Å². The van der Waals surface area contributed by atoms with Crippen molar-refractivity contribution < 1.29 is 24.2 Å². The van der Waals surface area contributed by atoms with Gasteiger partial charge in [0.2, 0.25) is 5.91 Å². The topological polar surface area (TPSA) is 88.1 Å². The molecule has 2 fully saturated rings. The van der Waals surface area contributed by atoms with Crippen molar-refractivity contribution in [3.05, 3.63) is 23.8 Å². The van der Waals surface area contributed by atoms with Gasteiger partial charge in [0.1, 0.15) is 6.10 Å². The number of phenols is 1. The maximum absolute atomic E-state index is 12.5. The predicted molar refractivity (Wildman–Crippen MR) is 109 cm³/mol. The molecule has 29 heavy (non-hydrogen) atoms. The molecule has 7 heteroatoms. The molecule has 1 aliphatic carbocycles. The average Bonchev–Trinajstić information content (AvgIpc) is 3.19. The van der Waals surface area contributed by atoms with E-state index >= 15 is 0 Å². The molecule has 1 aromatic carbocycles. The first-order valence-electron chi connectivity index (χ1n) is 10.4. The first-order chi connectivity index (χ1) is 13.8. The zero-order valence-corrected chi connectivity index (χ0v) is 17.6. The molecule has 0 bridgehead atoms. The third kappa shape index (κ3) is 5.55. The van der Waals surface area contributed by atoms with Gasteiger partial charge in [0.15, 0.2) is 11.5 Å². The summed E-state index contributed by atoms with van der Waals surface area (Å²) in [7, 11) is 1.48. The van der Waals surface area contributed by atoms with Crippen molar-refractivity contribution in [3.8, 4) is 11.5 Å². The van der Waals surface area contributed by atoms with Crippen molar-refractivity contribution in [2.45, 2.75) is 58.6 Å². The number of hydrogen-bond acceptors (Lipinski definition) is 5. The Labute approximate surface area is 172 Å². The van der Waals surface area contributed by atoms with Crippen molar-refractivity contribution in [2.24, 2.45) is 11.3 Å². The van der Waals surface area contributed by atoms with Crippen LogP contribution in [0.15, 0.2) is 18.2 Å². The summed E-state index contributed by atoms with van der Waals surface area (Å²) < 4.78 is 10.8. The molecular weight excluding hydrogens is 372 g/mol. The van der Waals surface area contributed by atoms with Crippen molar-refractivity contribution >= 4 is 12.0 Å². The number of carbonyl (C=O) groups excluding carboxylic acids is 2. The van der Waals surface area contributed by atoms with Gasteiger partial charge >= 0.3 is 6.09 Å². The fourth-order valence-electron chi connectivity index (χ4n) is 4.01. The molecule has 1 aliphatic heterocycles. The molecule has 2 amide bonds. The van der Waals surface area contributed by atoms with Gasteiger partial charge in [-0.3, -0.25) is 4.79 Å². The maximum atomic E-state index is 12.5. The van der Waals surface area contributed by atoms with E-state index in [9.17, 15) is 14.7 Å². The van der Waals surface area contributed by atoms with Crippen LogP contribution in [0, 0.1) is 11.3 Å². The Kier molecular flexibility index (Phi) is 6.55. The van der Waals surface area contributed by atoms with E-state index in [0.717, 1.165) is 31.2 Å². The molecule has 1 saturated carbocycles. The Hall–Kier alpha value is -2.44. The zero-order valence-electron chi connectivity index (χ0n) is 17.6. The van der Waals surface area contributed by atoms with E-state index < -0.39 is 0 Å². The van der Waals surface area contributed by atoms with Gasteiger partial charge in [-0.05, 0) is 55.2 Å². The van der Waals surface area contributed by atoms with E-state index in [1.165, 1.54) is 7.11 Å². The number of benzene rings is 1. The highest BCUT2D eigenvalue weighted by Gasteiger charge is 2.34. The molecule has 7 nitrogen and oxygen atoms in total. The van der Waals surface area contributed by atoms with Gasteiger partial charge in [-0.2, -0.15) is 0 Å². The first kappa shape index (κ1) is 21.3. The Bertz CT molecular complexity index is 739. The van der Waals surface area contributed by atoms with E-state index in [2.05, 4.69) is 19.2 Å². The Morgan fingerprint density at radius 2 is 1.97 bits per heavy atom. The number of likely N-dealkylation sites (tertiary alicyclic amines) is 1. The number of ether oxygens (including phenoxy) is 2. The summed E-state index contributed by atoms with van der Waals surface area (Å²) >= 11 is 0. The van der Waals surface area contributed by atoms with E-state index in [4.69, 9.17) is 9.47 Å². The van der Waals surface area contributed by atoms with Crippen molar-refractivity contribution in [1.82, 2.24) is 10.2 Å². The van der Waals surface area contributed by atoms with Crippen LogP contribution in [0.25, 0.3) is 0 Å². The second-order valence-corrected chi connectivity index (χ2v) is 8.90. The van der Waals surface area contributed by atoms with Crippen LogP contribution >= 0.6 is 0 Å². The average molecular weight is 405 g/mol. The molecule has 1 aromatic rings. The van der Waals surface area contributed by atoms with Gasteiger partial charge in [-0.15, -0.1) is 0 Å². The maximum Gasteiger partial charge on any atom is 0.410 e. The number of nitrogens with zero attached hydrogens (tertiary/aromatic N) is 1. The summed E-state index contributed by atoms with van der Waals surface area (Å²) in [5, 5.41) is 12.6. The van der Waals surface area contributed by atoms with E-state index in [-0.39, 0.29) is 29.8 Å². The Morgan fingerprint density at radius 1 is 1.24 bits per heavy atom. The Balaban J connectivity index is 1.44. The molecule has 0 spiro atoms. The normalized spacial score (nSPS) is 21.6. The van der Waals surface area contributed by atoms with E-state index in [0.29, 0.717) is 37.2 Å². The molecule has 0 aromatic heterocycles. The lowest BCUT2D eigenvalue weighted by Crippen LogP contribution is -2.37. The minimum Gasteiger partial charge on any atom is -0.504 e. The summed E-state index contributed by atoms with van der Waals surface area (Å²) in [4.78, 5) is 26.6. The molecule has 2 N–H and O–H groups in total. The summed E-state index contributed by atoms with van der Waals surface area (Å²) in [6, 6.07) is 4.97. The van der Waals surface area contributed by atoms with Gasteiger partial charge in [-0.1, -0.05) is 19.9 Å². The highest BCUT2D eigenvalue weighted by Crippen LogP contribution is 2.36. The number of amides is 2. The standard InChI is InChI=1S/C22H32N2O5/c1-22(2)9-6-17(7-10-22)29-21(27)24-11-8-16(14-24)20(26)23-13-15-4-5-18(25)19(12-15)28-3/h4-5,12,16-17,25H,6-11,13-14H2,1-3H3,(H,23,26). The fraction of sp³-hybridized carbons (Fsp3) is 0.636. The number of hydrogen-bond donors (Lipinski definition) is 2. The van der Waals surface area contributed by atoms with E-state index in [1.54, 1.807) is 23.1 Å². The summed E-state index contributed by atoms with van der Waals surface area (Å²) in [6.45, 7) is 5.78. The highest BCUT2D eigenvalue weighted by molar-refractivity contribution is 5.80. The van der Waals surface area contributed by atoms with Crippen LogP contribution in [0.5, 0.6) is 11.5 Å². The third-order valence-corrected chi connectivity index (χ3v) is 6.08. The number of carbonyl (C=O) groups is 2. The quantitative estimate of drug-likeness (QED) is 0.785. The van der Waals surface area contributed by atoms with E-state index in [1.807, 2.05) is 0 Å². The van der Waals surface area contributed by atoms with Crippen LogP contribution in [0.4, 0.5) is 4.79 Å².